The summed E-state index contributed by atoms with van der Waals surface area (Å²) in [6.45, 7) is 2.05. The number of methoxy groups -OCH3 is 3. The molecule has 0 aliphatic heterocycles. The molecule has 9 nitrogen and oxygen atoms in total. The molecule has 0 saturated carbocycles. The molecule has 1 aliphatic carbocycles. The Kier molecular flexibility index (Phi) is 7.02. The number of nitrogens with one attached hydrogen (secondary N) is 1. The maximum atomic E-state index is 12.6. The highest BCUT2D eigenvalue weighted by Gasteiger charge is 2.20. The van der Waals surface area contributed by atoms with Crippen molar-refractivity contribution in [3.8, 4) is 23.1 Å². The molecule has 1 amide bonds. The average Bonchev–Trinajstić information content (AvgIpc) is 3.19. The first kappa shape index (κ1) is 22.9. The monoisotopic (exact) mass is 469 g/mol. The van der Waals surface area contributed by atoms with Crippen LogP contribution >= 0.6 is 11.8 Å². The zero-order valence-corrected chi connectivity index (χ0v) is 20.0. The number of thioether (sulfide) groups is 1. The Hall–Kier alpha value is -3.27. The number of rotatable bonds is 8. The molecule has 0 unspecified atom stereocenters. The lowest BCUT2D eigenvalue weighted by Gasteiger charge is -2.14. The molecule has 3 aromatic rings. The highest BCUT2D eigenvalue weighted by atomic mass is 32.2. The number of hydrogen-bond donors (Lipinski definition) is 1. The molecule has 174 valence electrons. The normalized spacial score (nSPS) is 12.7. The van der Waals surface area contributed by atoms with Gasteiger partial charge in [0, 0.05) is 29.6 Å². The molecule has 1 aromatic carbocycles. The Bertz CT molecular complexity index is 1140. The first-order valence-corrected chi connectivity index (χ1v) is 11.6. The highest BCUT2D eigenvalue weighted by molar-refractivity contribution is 7.99. The van der Waals surface area contributed by atoms with Crippen LogP contribution in [0.25, 0.3) is 5.82 Å². The molecule has 2 heterocycles. The minimum atomic E-state index is -0.179. The first-order valence-electron chi connectivity index (χ1n) is 10.7. The molecule has 0 radical (unpaired) electrons. The van der Waals surface area contributed by atoms with Crippen LogP contribution in [0.2, 0.25) is 0 Å². The summed E-state index contributed by atoms with van der Waals surface area (Å²) in [6.07, 6.45) is 5.94. The van der Waals surface area contributed by atoms with E-state index in [9.17, 15) is 4.79 Å². The Morgan fingerprint density at radius 2 is 1.79 bits per heavy atom. The van der Waals surface area contributed by atoms with Crippen LogP contribution in [0.1, 0.15) is 29.8 Å². The molecular weight excluding hydrogens is 442 g/mol. The number of ether oxygens (including phenoxy) is 3. The van der Waals surface area contributed by atoms with E-state index in [1.54, 1.807) is 12.1 Å². The van der Waals surface area contributed by atoms with Crippen LogP contribution in [0, 0.1) is 6.92 Å². The average molecular weight is 470 g/mol. The van der Waals surface area contributed by atoms with Crippen molar-refractivity contribution < 1.29 is 19.0 Å². The quantitative estimate of drug-likeness (QED) is 0.395. The number of nitrogens with zero attached hydrogens (tertiary/aromatic N) is 4. The van der Waals surface area contributed by atoms with E-state index in [1.165, 1.54) is 57.1 Å². The minimum Gasteiger partial charge on any atom is -0.493 e. The summed E-state index contributed by atoms with van der Waals surface area (Å²) < 4.78 is 17.9. The van der Waals surface area contributed by atoms with E-state index < -0.39 is 0 Å². The zero-order chi connectivity index (χ0) is 23.4. The third-order valence-electron chi connectivity index (χ3n) is 5.53. The van der Waals surface area contributed by atoms with Gasteiger partial charge in [0.05, 0.1) is 32.8 Å². The Balaban J connectivity index is 1.45. The fourth-order valence-electron chi connectivity index (χ4n) is 3.99. The highest BCUT2D eigenvalue weighted by Crippen LogP contribution is 2.40. The summed E-state index contributed by atoms with van der Waals surface area (Å²) in [5.74, 6) is 2.14. The maximum absolute atomic E-state index is 12.6. The Labute approximate surface area is 196 Å². The van der Waals surface area contributed by atoms with E-state index in [0.717, 1.165) is 30.8 Å². The number of hydrogen-bond acceptors (Lipinski definition) is 8. The van der Waals surface area contributed by atoms with Crippen LogP contribution in [-0.4, -0.2) is 52.7 Å². The number of aromatic nitrogens is 4. The molecule has 2 aromatic heterocycles. The lowest BCUT2D eigenvalue weighted by atomic mass is 9.96. The van der Waals surface area contributed by atoms with Gasteiger partial charge < -0.3 is 19.5 Å². The van der Waals surface area contributed by atoms with E-state index in [-0.39, 0.29) is 11.7 Å². The topological polar surface area (TPSA) is 100 Å². The maximum Gasteiger partial charge on any atom is 0.234 e. The predicted molar refractivity (Wildman–Crippen MR) is 126 cm³/mol. The van der Waals surface area contributed by atoms with Crippen LogP contribution in [0.3, 0.4) is 0 Å². The summed E-state index contributed by atoms with van der Waals surface area (Å²) in [5, 5.41) is 8.28. The summed E-state index contributed by atoms with van der Waals surface area (Å²) >= 11 is 1.34. The second-order valence-corrected chi connectivity index (χ2v) is 8.59. The number of benzene rings is 1. The molecule has 0 fully saturated rings. The molecule has 0 atom stereocenters. The van der Waals surface area contributed by atoms with E-state index in [4.69, 9.17) is 19.3 Å². The predicted octanol–water partition coefficient (Wildman–Crippen LogP) is 3.61. The Morgan fingerprint density at radius 1 is 1.06 bits per heavy atom. The molecule has 1 N–H and O–H groups in total. The number of carbonyl (C=O) groups is 1. The van der Waals surface area contributed by atoms with Crippen molar-refractivity contribution in [1.29, 1.82) is 0 Å². The van der Waals surface area contributed by atoms with Crippen molar-refractivity contribution >= 4 is 23.4 Å². The summed E-state index contributed by atoms with van der Waals surface area (Å²) in [4.78, 5) is 21.3. The van der Waals surface area contributed by atoms with Crippen molar-refractivity contribution in [2.24, 2.45) is 0 Å². The third kappa shape index (κ3) is 4.90. The van der Waals surface area contributed by atoms with Gasteiger partial charge in [-0.1, -0.05) is 11.8 Å². The second-order valence-electron chi connectivity index (χ2n) is 7.59. The summed E-state index contributed by atoms with van der Waals surface area (Å²) in [5.41, 5.74) is 4.17. The Morgan fingerprint density at radius 3 is 2.48 bits per heavy atom. The largest absolute Gasteiger partial charge is 0.493 e. The zero-order valence-electron chi connectivity index (χ0n) is 19.2. The van der Waals surface area contributed by atoms with Gasteiger partial charge in [-0.25, -0.2) is 14.6 Å². The fourth-order valence-corrected chi connectivity index (χ4v) is 4.65. The standard InChI is InChI=1S/C23H27N5O4S/c1-14-16-7-5-6-8-17(16)28(27-14)20-11-22(25-13-24-20)33-12-21(29)26-15-9-18(30-2)23(32-4)19(10-15)31-3/h9-11,13H,5-8,12H2,1-4H3,(H,26,29). The lowest BCUT2D eigenvalue weighted by Crippen LogP contribution is -2.14. The van der Waals surface area contributed by atoms with Crippen molar-refractivity contribution in [3.63, 3.8) is 0 Å². The van der Waals surface area contributed by atoms with Crippen molar-refractivity contribution in [2.45, 2.75) is 37.6 Å². The van der Waals surface area contributed by atoms with Crippen LogP contribution in [0.5, 0.6) is 17.2 Å². The van der Waals surface area contributed by atoms with Gasteiger partial charge in [-0.15, -0.1) is 0 Å². The van der Waals surface area contributed by atoms with E-state index >= 15 is 0 Å². The number of aryl methyl sites for hydroxylation is 1. The molecule has 10 heteroatoms. The molecular formula is C23H27N5O4S. The van der Waals surface area contributed by atoms with E-state index in [0.29, 0.717) is 28.0 Å². The molecule has 0 spiro atoms. The second kappa shape index (κ2) is 10.1. The van der Waals surface area contributed by atoms with Crippen molar-refractivity contribution in [3.05, 3.63) is 41.5 Å². The van der Waals surface area contributed by atoms with Gasteiger partial charge in [0.2, 0.25) is 11.7 Å². The van der Waals surface area contributed by atoms with Gasteiger partial charge in [0.15, 0.2) is 17.3 Å². The van der Waals surface area contributed by atoms with Crippen LogP contribution in [-0.2, 0) is 17.6 Å². The third-order valence-corrected chi connectivity index (χ3v) is 6.45. The van der Waals surface area contributed by atoms with Gasteiger partial charge in [-0.2, -0.15) is 5.10 Å². The number of anilines is 1. The van der Waals surface area contributed by atoms with Gasteiger partial charge in [-0.05, 0) is 38.2 Å². The van der Waals surface area contributed by atoms with Crippen LogP contribution in [0.15, 0.2) is 29.6 Å². The number of amides is 1. The van der Waals surface area contributed by atoms with Crippen molar-refractivity contribution in [2.75, 3.05) is 32.4 Å². The van der Waals surface area contributed by atoms with Gasteiger partial charge >= 0.3 is 0 Å². The van der Waals surface area contributed by atoms with Crippen molar-refractivity contribution in [1.82, 2.24) is 19.7 Å². The van der Waals surface area contributed by atoms with E-state index in [2.05, 4.69) is 15.3 Å². The molecule has 4 rings (SSSR count). The van der Waals surface area contributed by atoms with Gasteiger partial charge in [0.1, 0.15) is 11.4 Å². The summed E-state index contributed by atoms with van der Waals surface area (Å²) in [7, 11) is 4.60. The summed E-state index contributed by atoms with van der Waals surface area (Å²) in [6, 6.07) is 5.25. The van der Waals surface area contributed by atoms with Gasteiger partial charge in [0.25, 0.3) is 0 Å². The van der Waals surface area contributed by atoms with Crippen LogP contribution in [0.4, 0.5) is 5.69 Å². The van der Waals surface area contributed by atoms with Gasteiger partial charge in [-0.3, -0.25) is 4.79 Å². The lowest BCUT2D eigenvalue weighted by molar-refractivity contribution is -0.113. The smallest absolute Gasteiger partial charge is 0.234 e. The fraction of sp³-hybridized carbons (Fsp3) is 0.391. The first-order chi connectivity index (χ1) is 16.0. The molecule has 0 saturated heterocycles. The molecule has 1 aliphatic rings. The molecule has 0 bridgehead atoms. The van der Waals surface area contributed by atoms with Crippen LogP contribution < -0.4 is 19.5 Å². The number of fused-ring (bicyclic) bond motifs is 1. The molecule has 33 heavy (non-hydrogen) atoms. The minimum absolute atomic E-state index is 0.179. The SMILES string of the molecule is COc1cc(NC(=O)CSc2cc(-n3nc(C)c4c3CCCC4)ncn2)cc(OC)c1OC. The number of carbonyl (C=O) groups excluding carboxylic acids is 1. The van der Waals surface area contributed by atoms with E-state index in [1.807, 2.05) is 17.7 Å².